The maximum absolute atomic E-state index is 10.3. The van der Waals surface area contributed by atoms with Crippen LogP contribution in [0.5, 0.6) is 11.5 Å². The number of fused-ring (bicyclic) bond motifs is 2. The van der Waals surface area contributed by atoms with E-state index in [9.17, 15) is 10.2 Å². The second-order valence-corrected chi connectivity index (χ2v) is 6.24. The van der Waals surface area contributed by atoms with Gasteiger partial charge in [-0.05, 0) is 48.2 Å². The third-order valence-corrected chi connectivity index (χ3v) is 4.88. The zero-order chi connectivity index (χ0) is 14.6. The van der Waals surface area contributed by atoms with Crippen molar-refractivity contribution < 1.29 is 10.2 Å². The summed E-state index contributed by atoms with van der Waals surface area (Å²) in [4.78, 5) is 2.22. The Hall–Kier alpha value is -1.52. The van der Waals surface area contributed by atoms with Crippen molar-refractivity contribution in [3.63, 3.8) is 0 Å². The fraction of sp³-hybridized carbons (Fsp3) is 0.333. The first-order valence-electron chi connectivity index (χ1n) is 7.48. The lowest BCUT2D eigenvalue weighted by Crippen LogP contribution is -2.31. The highest BCUT2D eigenvalue weighted by molar-refractivity contribution is 8.93. The van der Waals surface area contributed by atoms with Crippen molar-refractivity contribution in [2.45, 2.75) is 25.3 Å². The van der Waals surface area contributed by atoms with E-state index in [4.69, 9.17) is 0 Å². The van der Waals surface area contributed by atoms with Gasteiger partial charge < -0.3 is 15.1 Å². The predicted molar refractivity (Wildman–Crippen MR) is 92.1 cm³/mol. The summed E-state index contributed by atoms with van der Waals surface area (Å²) in [5, 5.41) is 20.3. The maximum Gasteiger partial charge on any atom is 0.162 e. The van der Waals surface area contributed by atoms with Crippen LogP contribution < -0.4 is 0 Å². The molecular weight excluding hydrogens is 342 g/mol. The van der Waals surface area contributed by atoms with Crippen molar-refractivity contribution >= 4 is 17.0 Å². The summed E-state index contributed by atoms with van der Waals surface area (Å²) in [5.74, 6) is 0.368. The Morgan fingerprint density at radius 3 is 2.64 bits per heavy atom. The molecule has 0 aromatic heterocycles. The Balaban J connectivity index is 0.00000144. The quantitative estimate of drug-likeness (QED) is 0.707. The molecule has 22 heavy (non-hydrogen) atoms. The molecule has 0 spiro atoms. The molecule has 1 heterocycles. The molecule has 1 unspecified atom stereocenters. The minimum absolute atomic E-state index is 0. The Morgan fingerprint density at radius 2 is 1.82 bits per heavy atom. The third-order valence-electron chi connectivity index (χ3n) is 4.88. The summed E-state index contributed by atoms with van der Waals surface area (Å²) in [6.45, 7) is 1.66. The maximum atomic E-state index is 10.3. The number of aromatic hydroxyl groups is 2. The molecule has 0 saturated carbocycles. The molecule has 1 aliphatic heterocycles. The van der Waals surface area contributed by atoms with Crippen molar-refractivity contribution in [2.75, 3.05) is 13.6 Å². The number of benzene rings is 2. The number of likely N-dealkylation sites (N-methyl/N-ethyl adjacent to an activating group) is 1. The van der Waals surface area contributed by atoms with E-state index in [0.717, 1.165) is 24.9 Å². The molecule has 0 bridgehead atoms. The summed E-state index contributed by atoms with van der Waals surface area (Å²) in [5.41, 5.74) is 6.09. The van der Waals surface area contributed by atoms with Crippen molar-refractivity contribution in [1.82, 2.24) is 4.90 Å². The highest BCUT2D eigenvalue weighted by Crippen LogP contribution is 2.45. The minimum Gasteiger partial charge on any atom is -0.504 e. The Morgan fingerprint density at radius 1 is 1.09 bits per heavy atom. The minimum atomic E-state index is 0. The second-order valence-electron chi connectivity index (χ2n) is 6.24. The van der Waals surface area contributed by atoms with Crippen molar-refractivity contribution in [1.29, 1.82) is 0 Å². The number of rotatable bonds is 0. The van der Waals surface area contributed by atoms with E-state index in [-0.39, 0.29) is 28.5 Å². The standard InChI is InChI=1S/C18H19NO2.BrH/c1-19-9-14-13-5-3-2-4-11(13)6-7-12-8-16(20)18(21)15(10-19)17(12)14;/h2-5,8,14,20-21H,6-7,9-10H2,1H3;1H. The van der Waals surface area contributed by atoms with Gasteiger partial charge in [0.15, 0.2) is 11.5 Å². The lowest BCUT2D eigenvalue weighted by Gasteiger charge is -2.34. The second kappa shape index (κ2) is 5.60. The average molecular weight is 362 g/mol. The number of phenols is 2. The normalized spacial score (nSPS) is 19.6. The van der Waals surface area contributed by atoms with Gasteiger partial charge in [-0.25, -0.2) is 0 Å². The van der Waals surface area contributed by atoms with Crippen LogP contribution in [0.3, 0.4) is 0 Å². The molecule has 3 nitrogen and oxygen atoms in total. The van der Waals surface area contributed by atoms with Crippen LogP contribution in [0.2, 0.25) is 0 Å². The molecule has 4 rings (SSSR count). The molecule has 2 aliphatic rings. The van der Waals surface area contributed by atoms with Crippen LogP contribution in [0.25, 0.3) is 0 Å². The van der Waals surface area contributed by atoms with E-state index in [0.29, 0.717) is 12.5 Å². The van der Waals surface area contributed by atoms with E-state index in [1.807, 2.05) is 0 Å². The third kappa shape index (κ3) is 2.22. The number of hydrogen-bond acceptors (Lipinski definition) is 3. The van der Waals surface area contributed by atoms with E-state index in [2.05, 4.69) is 36.2 Å². The molecule has 4 heteroatoms. The molecule has 2 aromatic rings. The smallest absolute Gasteiger partial charge is 0.162 e. The van der Waals surface area contributed by atoms with Gasteiger partial charge in [-0.1, -0.05) is 24.3 Å². The molecule has 0 fully saturated rings. The summed E-state index contributed by atoms with van der Waals surface area (Å²) < 4.78 is 0. The molecule has 2 aromatic carbocycles. The molecule has 1 atom stereocenters. The molecule has 116 valence electrons. The highest BCUT2D eigenvalue weighted by Gasteiger charge is 2.33. The fourth-order valence-corrected chi connectivity index (χ4v) is 3.95. The van der Waals surface area contributed by atoms with Crippen molar-refractivity contribution in [3.8, 4) is 11.5 Å². The largest absolute Gasteiger partial charge is 0.504 e. The van der Waals surface area contributed by atoms with Gasteiger partial charge in [0, 0.05) is 24.6 Å². The fourth-order valence-electron chi connectivity index (χ4n) is 3.95. The van der Waals surface area contributed by atoms with Crippen LogP contribution in [0, 0.1) is 0 Å². The van der Waals surface area contributed by atoms with Gasteiger partial charge in [0.1, 0.15) is 0 Å². The summed E-state index contributed by atoms with van der Waals surface area (Å²) in [6.07, 6.45) is 1.92. The van der Waals surface area contributed by atoms with Crippen LogP contribution in [-0.2, 0) is 19.4 Å². The first kappa shape index (κ1) is 15.4. The average Bonchev–Trinajstić information content (AvgIpc) is 2.63. The Bertz CT molecular complexity index is 729. The van der Waals surface area contributed by atoms with Gasteiger partial charge in [-0.3, -0.25) is 0 Å². The lowest BCUT2D eigenvalue weighted by molar-refractivity contribution is 0.284. The number of hydrogen-bond donors (Lipinski definition) is 2. The molecule has 0 radical (unpaired) electrons. The van der Waals surface area contributed by atoms with Gasteiger partial charge in [0.25, 0.3) is 0 Å². The Kier molecular flexibility index (Phi) is 3.91. The van der Waals surface area contributed by atoms with Crippen LogP contribution in [0.4, 0.5) is 0 Å². The van der Waals surface area contributed by atoms with E-state index in [1.165, 1.54) is 22.3 Å². The molecule has 1 aliphatic carbocycles. The van der Waals surface area contributed by atoms with Crippen molar-refractivity contribution in [2.24, 2.45) is 0 Å². The van der Waals surface area contributed by atoms with Crippen LogP contribution in [-0.4, -0.2) is 28.7 Å². The zero-order valence-electron chi connectivity index (χ0n) is 12.5. The van der Waals surface area contributed by atoms with Gasteiger partial charge in [-0.2, -0.15) is 0 Å². The van der Waals surface area contributed by atoms with Gasteiger partial charge in [0.05, 0.1) is 0 Å². The summed E-state index contributed by atoms with van der Waals surface area (Å²) >= 11 is 0. The first-order chi connectivity index (χ1) is 10.1. The van der Waals surface area contributed by atoms with Crippen LogP contribution in [0.1, 0.15) is 33.7 Å². The first-order valence-corrected chi connectivity index (χ1v) is 7.48. The zero-order valence-corrected chi connectivity index (χ0v) is 14.3. The molecular formula is C18H20BrNO2. The lowest BCUT2D eigenvalue weighted by atomic mass is 9.81. The van der Waals surface area contributed by atoms with E-state index < -0.39 is 0 Å². The van der Waals surface area contributed by atoms with Crippen molar-refractivity contribution in [3.05, 3.63) is 58.1 Å². The SMILES string of the molecule is Br.CN1Cc2c(O)c(O)cc3c2C(C1)c1ccccc1CC3. The summed E-state index contributed by atoms with van der Waals surface area (Å²) in [7, 11) is 2.07. The summed E-state index contributed by atoms with van der Waals surface area (Å²) in [6, 6.07) is 10.4. The number of phenolic OH excluding ortho intramolecular Hbond substituents is 2. The number of halogens is 1. The highest BCUT2D eigenvalue weighted by atomic mass is 79.9. The van der Waals surface area contributed by atoms with Gasteiger partial charge in [0.2, 0.25) is 0 Å². The number of aryl methyl sites for hydroxylation is 2. The molecule has 2 N–H and O–H groups in total. The van der Waals surface area contributed by atoms with Gasteiger partial charge >= 0.3 is 0 Å². The molecule has 0 saturated heterocycles. The topological polar surface area (TPSA) is 43.7 Å². The predicted octanol–water partition coefficient (Wildman–Crippen LogP) is 3.35. The van der Waals surface area contributed by atoms with E-state index in [1.54, 1.807) is 6.07 Å². The molecule has 0 amide bonds. The van der Waals surface area contributed by atoms with Crippen LogP contribution in [0.15, 0.2) is 30.3 Å². The van der Waals surface area contributed by atoms with E-state index >= 15 is 0 Å². The van der Waals surface area contributed by atoms with Gasteiger partial charge in [-0.15, -0.1) is 17.0 Å². The van der Waals surface area contributed by atoms with Crippen LogP contribution >= 0.6 is 17.0 Å². The Labute approximate surface area is 141 Å². The number of nitrogens with zero attached hydrogens (tertiary/aromatic N) is 1. The monoisotopic (exact) mass is 361 g/mol.